The van der Waals surface area contributed by atoms with Crippen LogP contribution in [0.3, 0.4) is 0 Å². The minimum atomic E-state index is -0.700. The van der Waals surface area contributed by atoms with Crippen LogP contribution in [0, 0.1) is 5.92 Å². The molecule has 2 rings (SSSR count). The van der Waals surface area contributed by atoms with E-state index in [-0.39, 0.29) is 24.3 Å². The molecule has 0 radical (unpaired) electrons. The SMILES string of the molecule is CC(C)C(NC(=O)c1cccs1)C(=O)NC(CO)c1ccco1. The number of aliphatic hydroxyl groups is 1. The van der Waals surface area contributed by atoms with Crippen LogP contribution in [-0.4, -0.2) is 29.6 Å². The van der Waals surface area contributed by atoms with Crippen molar-refractivity contribution in [3.05, 3.63) is 46.5 Å². The second-order valence-corrected chi connectivity index (χ2v) is 6.38. The zero-order chi connectivity index (χ0) is 16.8. The first kappa shape index (κ1) is 17.2. The van der Waals surface area contributed by atoms with Crippen molar-refractivity contribution in [2.24, 2.45) is 5.92 Å². The summed E-state index contributed by atoms with van der Waals surface area (Å²) in [5.74, 6) is -0.282. The van der Waals surface area contributed by atoms with Gasteiger partial charge >= 0.3 is 0 Å². The van der Waals surface area contributed by atoms with Gasteiger partial charge in [0.1, 0.15) is 17.8 Å². The highest BCUT2D eigenvalue weighted by Gasteiger charge is 2.27. The summed E-state index contributed by atoms with van der Waals surface area (Å²) in [5, 5.41) is 16.7. The van der Waals surface area contributed by atoms with E-state index in [4.69, 9.17) is 4.42 Å². The molecule has 0 saturated carbocycles. The first-order chi connectivity index (χ1) is 11.0. The molecule has 2 aromatic heterocycles. The van der Waals surface area contributed by atoms with E-state index >= 15 is 0 Å². The monoisotopic (exact) mass is 336 g/mol. The Morgan fingerprint density at radius 3 is 2.57 bits per heavy atom. The van der Waals surface area contributed by atoms with Gasteiger partial charge in [0.25, 0.3) is 5.91 Å². The third-order valence-electron chi connectivity index (χ3n) is 3.37. The maximum Gasteiger partial charge on any atom is 0.262 e. The van der Waals surface area contributed by atoms with Crippen molar-refractivity contribution in [2.45, 2.75) is 25.9 Å². The fraction of sp³-hybridized carbons (Fsp3) is 0.375. The Morgan fingerprint density at radius 2 is 2.04 bits per heavy atom. The number of carbonyl (C=O) groups excluding carboxylic acids is 2. The van der Waals surface area contributed by atoms with Gasteiger partial charge in [0.2, 0.25) is 5.91 Å². The van der Waals surface area contributed by atoms with E-state index in [1.165, 1.54) is 17.6 Å². The third kappa shape index (κ3) is 4.43. The predicted octanol–water partition coefficient (Wildman–Crippen LogP) is 1.95. The molecular weight excluding hydrogens is 316 g/mol. The topological polar surface area (TPSA) is 91.6 Å². The molecule has 0 fully saturated rings. The number of hydrogen-bond donors (Lipinski definition) is 3. The minimum absolute atomic E-state index is 0.102. The molecule has 124 valence electrons. The Hall–Kier alpha value is -2.12. The quantitative estimate of drug-likeness (QED) is 0.720. The molecule has 6 nitrogen and oxygen atoms in total. The molecule has 2 heterocycles. The van der Waals surface area contributed by atoms with Crippen molar-refractivity contribution in [3.8, 4) is 0 Å². The van der Waals surface area contributed by atoms with Crippen LogP contribution in [0.1, 0.15) is 35.3 Å². The van der Waals surface area contributed by atoms with E-state index in [9.17, 15) is 14.7 Å². The molecular formula is C16H20N2O4S. The van der Waals surface area contributed by atoms with Crippen molar-refractivity contribution in [3.63, 3.8) is 0 Å². The maximum absolute atomic E-state index is 12.5. The molecule has 2 aromatic rings. The van der Waals surface area contributed by atoms with Crippen LogP contribution in [-0.2, 0) is 4.79 Å². The van der Waals surface area contributed by atoms with Crippen LogP contribution in [0.5, 0.6) is 0 Å². The van der Waals surface area contributed by atoms with Crippen molar-refractivity contribution in [1.82, 2.24) is 10.6 Å². The highest BCUT2D eigenvalue weighted by molar-refractivity contribution is 7.12. The highest BCUT2D eigenvalue weighted by atomic mass is 32.1. The normalized spacial score (nSPS) is 13.6. The molecule has 0 saturated heterocycles. The van der Waals surface area contributed by atoms with Gasteiger partial charge in [-0.15, -0.1) is 11.3 Å². The average molecular weight is 336 g/mol. The number of amides is 2. The first-order valence-electron chi connectivity index (χ1n) is 7.32. The zero-order valence-electron chi connectivity index (χ0n) is 13.0. The molecule has 2 amide bonds. The number of hydrogen-bond acceptors (Lipinski definition) is 5. The van der Waals surface area contributed by atoms with Gasteiger partial charge in [-0.05, 0) is 29.5 Å². The lowest BCUT2D eigenvalue weighted by molar-refractivity contribution is -0.125. The van der Waals surface area contributed by atoms with E-state index in [2.05, 4.69) is 10.6 Å². The smallest absolute Gasteiger partial charge is 0.262 e. The van der Waals surface area contributed by atoms with Crippen molar-refractivity contribution in [1.29, 1.82) is 0 Å². The summed E-state index contributed by atoms with van der Waals surface area (Å²) in [7, 11) is 0. The number of thiophene rings is 1. The largest absolute Gasteiger partial charge is 0.467 e. The molecule has 0 spiro atoms. The van der Waals surface area contributed by atoms with Gasteiger partial charge in [0, 0.05) is 0 Å². The summed E-state index contributed by atoms with van der Waals surface area (Å²) in [5.41, 5.74) is 0. The van der Waals surface area contributed by atoms with Gasteiger partial charge in [-0.1, -0.05) is 19.9 Å². The Morgan fingerprint density at radius 1 is 1.26 bits per heavy atom. The fourth-order valence-corrected chi connectivity index (χ4v) is 2.74. The molecule has 3 N–H and O–H groups in total. The minimum Gasteiger partial charge on any atom is -0.467 e. The van der Waals surface area contributed by atoms with Gasteiger partial charge in [-0.2, -0.15) is 0 Å². The van der Waals surface area contributed by atoms with Crippen LogP contribution < -0.4 is 10.6 Å². The van der Waals surface area contributed by atoms with Crippen molar-refractivity contribution < 1.29 is 19.1 Å². The maximum atomic E-state index is 12.5. The molecule has 0 aromatic carbocycles. The summed E-state index contributed by atoms with van der Waals surface area (Å²) in [4.78, 5) is 25.2. The van der Waals surface area contributed by atoms with Gasteiger partial charge in [0.15, 0.2) is 0 Å². The predicted molar refractivity (Wildman–Crippen MR) is 87.1 cm³/mol. The summed E-state index contributed by atoms with van der Waals surface area (Å²) < 4.78 is 5.21. The standard InChI is InChI=1S/C16H20N2O4S/c1-10(2)14(18-15(20)13-6-4-8-23-13)16(21)17-11(9-19)12-5-3-7-22-12/h3-8,10-11,14,19H,9H2,1-2H3,(H,17,21)(H,18,20). The second kappa shape index (κ2) is 7.94. The van der Waals surface area contributed by atoms with E-state index in [0.717, 1.165) is 0 Å². The zero-order valence-corrected chi connectivity index (χ0v) is 13.8. The summed E-state index contributed by atoms with van der Waals surface area (Å²) >= 11 is 1.31. The lowest BCUT2D eigenvalue weighted by atomic mass is 10.0. The van der Waals surface area contributed by atoms with Crippen LogP contribution >= 0.6 is 11.3 Å². The Bertz CT molecular complexity index is 623. The number of furan rings is 1. The van der Waals surface area contributed by atoms with E-state index < -0.39 is 12.1 Å². The molecule has 7 heteroatoms. The number of carbonyl (C=O) groups is 2. The molecule has 0 aliphatic carbocycles. The summed E-state index contributed by atoms with van der Waals surface area (Å²) in [6.45, 7) is 3.41. The molecule has 2 atom stereocenters. The van der Waals surface area contributed by atoms with Crippen LogP contribution in [0.2, 0.25) is 0 Å². The first-order valence-corrected chi connectivity index (χ1v) is 8.20. The number of aliphatic hydroxyl groups excluding tert-OH is 1. The Balaban J connectivity index is 2.04. The van der Waals surface area contributed by atoms with E-state index in [1.807, 2.05) is 13.8 Å². The van der Waals surface area contributed by atoms with E-state index in [1.54, 1.807) is 29.6 Å². The Kier molecular flexibility index (Phi) is 5.95. The van der Waals surface area contributed by atoms with Crippen LogP contribution in [0.15, 0.2) is 40.3 Å². The number of nitrogens with one attached hydrogen (secondary N) is 2. The van der Waals surface area contributed by atoms with Crippen LogP contribution in [0.4, 0.5) is 0 Å². The van der Waals surface area contributed by atoms with Gasteiger partial charge in [0.05, 0.1) is 17.7 Å². The van der Waals surface area contributed by atoms with Crippen LogP contribution in [0.25, 0.3) is 0 Å². The van der Waals surface area contributed by atoms with Gasteiger partial charge < -0.3 is 20.2 Å². The van der Waals surface area contributed by atoms with Crippen molar-refractivity contribution in [2.75, 3.05) is 6.61 Å². The lowest BCUT2D eigenvalue weighted by Gasteiger charge is -2.24. The molecule has 23 heavy (non-hydrogen) atoms. The Labute approximate surface area is 138 Å². The summed E-state index contributed by atoms with van der Waals surface area (Å²) in [6, 6.07) is 5.50. The second-order valence-electron chi connectivity index (χ2n) is 5.43. The molecule has 2 unspecified atom stereocenters. The lowest BCUT2D eigenvalue weighted by Crippen LogP contribution is -2.50. The number of rotatable bonds is 7. The third-order valence-corrected chi connectivity index (χ3v) is 4.24. The molecule has 0 aliphatic rings. The van der Waals surface area contributed by atoms with Gasteiger partial charge in [-0.3, -0.25) is 9.59 Å². The fourth-order valence-electron chi connectivity index (χ4n) is 2.11. The van der Waals surface area contributed by atoms with Gasteiger partial charge in [-0.25, -0.2) is 0 Å². The summed E-state index contributed by atoms with van der Waals surface area (Å²) in [6.07, 6.45) is 1.47. The van der Waals surface area contributed by atoms with E-state index in [0.29, 0.717) is 10.6 Å². The molecule has 0 aliphatic heterocycles. The highest BCUT2D eigenvalue weighted by Crippen LogP contribution is 2.15. The average Bonchev–Trinajstić information content (AvgIpc) is 3.22. The van der Waals surface area contributed by atoms with Crippen molar-refractivity contribution >= 4 is 23.2 Å². The molecule has 0 bridgehead atoms.